The quantitative estimate of drug-likeness (QED) is 0.615. The van der Waals surface area contributed by atoms with Gasteiger partial charge in [0.2, 0.25) is 0 Å². The zero-order chi connectivity index (χ0) is 18.4. The smallest absolute Gasteiger partial charge is 0.344 e. The maximum absolute atomic E-state index is 11.3. The number of nitrogens with zero attached hydrogens (tertiary/aromatic N) is 1. The number of ketones is 1. The van der Waals surface area contributed by atoms with Gasteiger partial charge in [-0.25, -0.2) is 4.79 Å². The van der Waals surface area contributed by atoms with Gasteiger partial charge in [0.15, 0.2) is 23.4 Å². The molecular formula is C19H19NO5. The van der Waals surface area contributed by atoms with Crippen molar-refractivity contribution in [3.05, 3.63) is 53.6 Å². The van der Waals surface area contributed by atoms with E-state index in [1.165, 1.54) is 21.0 Å². The summed E-state index contributed by atoms with van der Waals surface area (Å²) in [7, 11) is 1.48. The summed E-state index contributed by atoms with van der Waals surface area (Å²) in [5, 5.41) is 9.05. The number of para-hydroxylation sites is 1. The summed E-state index contributed by atoms with van der Waals surface area (Å²) in [6, 6.07) is 12.1. The summed E-state index contributed by atoms with van der Waals surface area (Å²) in [4.78, 5) is 26.7. The van der Waals surface area contributed by atoms with Gasteiger partial charge in [0.1, 0.15) is 0 Å². The van der Waals surface area contributed by atoms with E-state index in [4.69, 9.17) is 14.6 Å². The van der Waals surface area contributed by atoms with Crippen LogP contribution in [0.5, 0.6) is 11.5 Å². The summed E-state index contributed by atoms with van der Waals surface area (Å²) >= 11 is 0. The molecular weight excluding hydrogens is 322 g/mol. The molecule has 130 valence electrons. The summed E-state index contributed by atoms with van der Waals surface area (Å²) in [5.41, 5.74) is 1.85. The molecule has 0 bridgehead atoms. The minimum atomic E-state index is -1.08. The first-order valence-electron chi connectivity index (χ1n) is 7.64. The van der Waals surface area contributed by atoms with Gasteiger partial charge < -0.3 is 14.6 Å². The van der Waals surface area contributed by atoms with E-state index in [9.17, 15) is 9.59 Å². The van der Waals surface area contributed by atoms with Gasteiger partial charge in [0, 0.05) is 17.3 Å². The Hall–Kier alpha value is -3.15. The number of carboxylic acids is 1. The number of aliphatic imine (C=N–C) groups is 1. The Labute approximate surface area is 145 Å². The molecule has 0 heterocycles. The van der Waals surface area contributed by atoms with E-state index >= 15 is 0 Å². The Morgan fingerprint density at radius 3 is 2.40 bits per heavy atom. The molecule has 6 nitrogen and oxygen atoms in total. The molecule has 1 atom stereocenters. The average molecular weight is 341 g/mol. The number of carbonyl (C=O) groups excluding carboxylic acids is 1. The Morgan fingerprint density at radius 2 is 1.84 bits per heavy atom. The van der Waals surface area contributed by atoms with Crippen LogP contribution in [0.3, 0.4) is 0 Å². The number of carboxylic acid groups (broad SMARTS) is 1. The van der Waals surface area contributed by atoms with Crippen molar-refractivity contribution < 1.29 is 24.2 Å². The number of rotatable bonds is 7. The number of aliphatic carboxylic acids is 1. The highest BCUT2D eigenvalue weighted by Gasteiger charge is 2.17. The molecule has 0 aliphatic heterocycles. The fourth-order valence-corrected chi connectivity index (χ4v) is 2.07. The third kappa shape index (κ3) is 4.67. The predicted octanol–water partition coefficient (Wildman–Crippen LogP) is 3.50. The molecule has 6 heteroatoms. The van der Waals surface area contributed by atoms with Crippen LogP contribution in [0.15, 0.2) is 47.5 Å². The number of benzene rings is 2. The molecule has 0 unspecified atom stereocenters. The van der Waals surface area contributed by atoms with Crippen molar-refractivity contribution in [1.29, 1.82) is 0 Å². The lowest BCUT2D eigenvalue weighted by atomic mass is 10.1. The number of Topliss-reactive ketones (excluding diaryl/α,β-unsaturated/α-hetero) is 1. The van der Waals surface area contributed by atoms with Gasteiger partial charge in [-0.15, -0.1) is 0 Å². The normalized spacial score (nSPS) is 12.0. The fraction of sp³-hybridized carbons (Fsp3) is 0.211. The molecule has 2 aromatic rings. The van der Waals surface area contributed by atoms with E-state index in [1.807, 2.05) is 0 Å². The molecule has 0 radical (unpaired) electrons. The molecule has 0 aliphatic carbocycles. The van der Waals surface area contributed by atoms with Crippen molar-refractivity contribution in [3.63, 3.8) is 0 Å². The van der Waals surface area contributed by atoms with E-state index < -0.39 is 12.1 Å². The van der Waals surface area contributed by atoms with Crippen molar-refractivity contribution in [2.75, 3.05) is 7.11 Å². The molecule has 0 saturated heterocycles. The summed E-state index contributed by atoms with van der Waals surface area (Å²) in [6.07, 6.45) is 0.535. The number of ether oxygens (including phenoxy) is 2. The molecule has 0 spiro atoms. The van der Waals surface area contributed by atoms with Crippen LogP contribution in [0.1, 0.15) is 29.8 Å². The third-order valence-electron chi connectivity index (χ3n) is 3.50. The van der Waals surface area contributed by atoms with Gasteiger partial charge in [0.05, 0.1) is 12.8 Å². The monoisotopic (exact) mass is 341 g/mol. The first-order chi connectivity index (χ1) is 11.9. The fourth-order valence-electron chi connectivity index (χ4n) is 2.07. The van der Waals surface area contributed by atoms with Crippen LogP contribution in [0.25, 0.3) is 0 Å². The first kappa shape index (κ1) is 18.2. The SMILES string of the molecule is COc1cccc(C=Nc2ccc(C(C)=O)cc2)c1O[C@@H](C)C(=O)O. The Kier molecular flexibility index (Phi) is 5.89. The highest BCUT2D eigenvalue weighted by Crippen LogP contribution is 2.31. The summed E-state index contributed by atoms with van der Waals surface area (Å²) in [5.74, 6) is -0.358. The molecule has 0 aromatic heterocycles. The highest BCUT2D eigenvalue weighted by atomic mass is 16.5. The zero-order valence-electron chi connectivity index (χ0n) is 14.2. The predicted molar refractivity (Wildman–Crippen MR) is 94.4 cm³/mol. The Balaban J connectivity index is 2.31. The van der Waals surface area contributed by atoms with Gasteiger partial charge in [0.25, 0.3) is 0 Å². The summed E-state index contributed by atoms with van der Waals surface area (Å²) in [6.45, 7) is 2.94. The largest absolute Gasteiger partial charge is 0.493 e. The average Bonchev–Trinajstić information content (AvgIpc) is 2.60. The van der Waals surface area contributed by atoms with Crippen LogP contribution >= 0.6 is 0 Å². The second-order valence-corrected chi connectivity index (χ2v) is 5.34. The van der Waals surface area contributed by atoms with Crippen LogP contribution in [0, 0.1) is 0 Å². The minimum absolute atomic E-state index is 0.0123. The van der Waals surface area contributed by atoms with Crippen LogP contribution in [-0.2, 0) is 4.79 Å². The Morgan fingerprint density at radius 1 is 1.16 bits per heavy atom. The van der Waals surface area contributed by atoms with E-state index in [1.54, 1.807) is 48.7 Å². The van der Waals surface area contributed by atoms with E-state index in [-0.39, 0.29) is 5.78 Å². The molecule has 0 aliphatic rings. The van der Waals surface area contributed by atoms with Crippen LogP contribution in [0.2, 0.25) is 0 Å². The number of hydrogen-bond donors (Lipinski definition) is 1. The lowest BCUT2D eigenvalue weighted by molar-refractivity contribution is -0.144. The summed E-state index contributed by atoms with van der Waals surface area (Å²) < 4.78 is 10.8. The standard InChI is InChI=1S/C19H19NO5/c1-12(21)14-7-9-16(10-8-14)20-11-15-5-4-6-17(24-3)18(15)25-13(2)19(22)23/h4-11,13H,1-3H3,(H,22,23)/t13-/m0/s1. The molecule has 2 aromatic carbocycles. The third-order valence-corrected chi connectivity index (χ3v) is 3.50. The maximum atomic E-state index is 11.3. The molecule has 1 N–H and O–H groups in total. The second kappa shape index (κ2) is 8.10. The van der Waals surface area contributed by atoms with Crippen LogP contribution in [-0.4, -0.2) is 36.3 Å². The van der Waals surface area contributed by atoms with Crippen molar-refractivity contribution in [3.8, 4) is 11.5 Å². The van der Waals surface area contributed by atoms with Gasteiger partial charge in [-0.2, -0.15) is 0 Å². The number of carbonyl (C=O) groups is 2. The van der Waals surface area contributed by atoms with E-state index in [0.29, 0.717) is 28.3 Å². The van der Waals surface area contributed by atoms with Crippen LogP contribution in [0.4, 0.5) is 5.69 Å². The number of hydrogen-bond acceptors (Lipinski definition) is 5. The maximum Gasteiger partial charge on any atom is 0.344 e. The lowest BCUT2D eigenvalue weighted by Gasteiger charge is -2.15. The van der Waals surface area contributed by atoms with Gasteiger partial charge in [-0.1, -0.05) is 6.07 Å². The molecule has 2 rings (SSSR count). The topological polar surface area (TPSA) is 85.2 Å². The number of methoxy groups -OCH3 is 1. The second-order valence-electron chi connectivity index (χ2n) is 5.34. The highest BCUT2D eigenvalue weighted by molar-refractivity contribution is 5.94. The van der Waals surface area contributed by atoms with Crippen molar-refractivity contribution >= 4 is 23.7 Å². The minimum Gasteiger partial charge on any atom is -0.493 e. The molecule has 0 amide bonds. The Bertz CT molecular complexity index is 796. The van der Waals surface area contributed by atoms with E-state index in [0.717, 1.165) is 0 Å². The zero-order valence-corrected chi connectivity index (χ0v) is 14.2. The lowest BCUT2D eigenvalue weighted by Crippen LogP contribution is -2.23. The van der Waals surface area contributed by atoms with E-state index in [2.05, 4.69) is 4.99 Å². The molecule has 0 saturated carbocycles. The van der Waals surface area contributed by atoms with Gasteiger partial charge in [-0.3, -0.25) is 9.79 Å². The first-order valence-corrected chi connectivity index (χ1v) is 7.64. The van der Waals surface area contributed by atoms with Gasteiger partial charge in [-0.05, 0) is 50.2 Å². The molecule has 25 heavy (non-hydrogen) atoms. The van der Waals surface area contributed by atoms with Crippen LogP contribution < -0.4 is 9.47 Å². The molecule has 0 fully saturated rings. The van der Waals surface area contributed by atoms with Crippen molar-refractivity contribution in [2.45, 2.75) is 20.0 Å². The van der Waals surface area contributed by atoms with Crippen molar-refractivity contribution in [1.82, 2.24) is 0 Å². The van der Waals surface area contributed by atoms with Gasteiger partial charge >= 0.3 is 5.97 Å². The van der Waals surface area contributed by atoms with Crippen molar-refractivity contribution in [2.24, 2.45) is 4.99 Å².